The van der Waals surface area contributed by atoms with E-state index in [1.807, 2.05) is 13.0 Å². The average Bonchev–Trinajstić information content (AvgIpc) is 2.48. The number of benzene rings is 1. The van der Waals surface area contributed by atoms with Gasteiger partial charge in [-0.15, -0.1) is 0 Å². The molecule has 0 radical (unpaired) electrons. The smallest absolute Gasteiger partial charge is 0.123 e. The second-order valence-corrected chi connectivity index (χ2v) is 5.88. The molecule has 3 nitrogen and oxygen atoms in total. The van der Waals surface area contributed by atoms with Gasteiger partial charge in [-0.1, -0.05) is 13.0 Å². The van der Waals surface area contributed by atoms with E-state index in [4.69, 9.17) is 10.5 Å². The first kappa shape index (κ1) is 16.4. The number of halogens is 1. The number of aryl methyl sites for hydroxylation is 1. The summed E-state index contributed by atoms with van der Waals surface area (Å²) in [6.07, 6.45) is 3.60. The molecular formula is C17H27FN2O. The molecule has 1 saturated heterocycles. The van der Waals surface area contributed by atoms with Crippen molar-refractivity contribution in [3.05, 3.63) is 35.1 Å². The SMILES string of the molecule is CCCOC1CCCN(C(CN)c2ccc(F)cc2C)C1. The topological polar surface area (TPSA) is 38.5 Å². The van der Waals surface area contributed by atoms with E-state index < -0.39 is 0 Å². The minimum absolute atomic E-state index is 0.152. The fourth-order valence-corrected chi connectivity index (χ4v) is 3.16. The molecule has 0 bridgehead atoms. The number of piperidine rings is 1. The number of hydrogen-bond acceptors (Lipinski definition) is 3. The lowest BCUT2D eigenvalue weighted by atomic mass is 9.97. The molecule has 2 N–H and O–H groups in total. The van der Waals surface area contributed by atoms with Crippen molar-refractivity contribution in [3.8, 4) is 0 Å². The van der Waals surface area contributed by atoms with Gasteiger partial charge >= 0.3 is 0 Å². The zero-order valence-electron chi connectivity index (χ0n) is 13.1. The van der Waals surface area contributed by atoms with Crippen LogP contribution in [0, 0.1) is 12.7 Å². The summed E-state index contributed by atoms with van der Waals surface area (Å²) in [5.74, 6) is -0.185. The molecular weight excluding hydrogens is 267 g/mol. The number of rotatable bonds is 6. The normalized spacial score (nSPS) is 21.4. The van der Waals surface area contributed by atoms with Crippen molar-refractivity contribution in [3.63, 3.8) is 0 Å². The Morgan fingerprint density at radius 2 is 2.29 bits per heavy atom. The Labute approximate surface area is 127 Å². The van der Waals surface area contributed by atoms with Crippen LogP contribution in [0.25, 0.3) is 0 Å². The molecule has 2 unspecified atom stereocenters. The van der Waals surface area contributed by atoms with Crippen LogP contribution in [-0.4, -0.2) is 37.2 Å². The molecule has 1 heterocycles. The van der Waals surface area contributed by atoms with Gasteiger partial charge in [-0.2, -0.15) is 0 Å². The van der Waals surface area contributed by atoms with Crippen molar-refractivity contribution >= 4 is 0 Å². The summed E-state index contributed by atoms with van der Waals surface area (Å²) in [5.41, 5.74) is 8.12. The van der Waals surface area contributed by atoms with Gasteiger partial charge < -0.3 is 10.5 Å². The second kappa shape index (κ2) is 7.87. The van der Waals surface area contributed by atoms with E-state index in [2.05, 4.69) is 11.8 Å². The van der Waals surface area contributed by atoms with Crippen LogP contribution in [-0.2, 0) is 4.74 Å². The second-order valence-electron chi connectivity index (χ2n) is 5.88. The first-order valence-corrected chi connectivity index (χ1v) is 7.97. The van der Waals surface area contributed by atoms with Gasteiger partial charge in [0.25, 0.3) is 0 Å². The van der Waals surface area contributed by atoms with Gasteiger partial charge in [0, 0.05) is 25.7 Å². The van der Waals surface area contributed by atoms with Crippen LogP contribution in [0.2, 0.25) is 0 Å². The minimum atomic E-state index is -0.185. The zero-order valence-corrected chi connectivity index (χ0v) is 13.1. The van der Waals surface area contributed by atoms with Crippen LogP contribution in [0.1, 0.15) is 43.4 Å². The summed E-state index contributed by atoms with van der Waals surface area (Å²) < 4.78 is 19.2. The molecule has 2 rings (SSSR count). The molecule has 1 aromatic carbocycles. The van der Waals surface area contributed by atoms with Crippen LogP contribution in [0.4, 0.5) is 4.39 Å². The third-order valence-electron chi connectivity index (χ3n) is 4.22. The predicted molar refractivity (Wildman–Crippen MR) is 83.8 cm³/mol. The van der Waals surface area contributed by atoms with Crippen molar-refractivity contribution in [1.29, 1.82) is 0 Å². The van der Waals surface area contributed by atoms with Crippen molar-refractivity contribution in [2.75, 3.05) is 26.2 Å². The summed E-state index contributed by atoms with van der Waals surface area (Å²) >= 11 is 0. The molecule has 1 fully saturated rings. The summed E-state index contributed by atoms with van der Waals surface area (Å²) in [7, 11) is 0. The molecule has 118 valence electrons. The van der Waals surface area contributed by atoms with E-state index in [1.165, 1.54) is 6.07 Å². The van der Waals surface area contributed by atoms with Gasteiger partial charge in [0.1, 0.15) is 5.82 Å². The fraction of sp³-hybridized carbons (Fsp3) is 0.647. The molecule has 0 spiro atoms. The molecule has 0 amide bonds. The predicted octanol–water partition coefficient (Wildman–Crippen LogP) is 3.02. The van der Waals surface area contributed by atoms with Crippen molar-refractivity contribution in [2.45, 2.75) is 45.3 Å². The lowest BCUT2D eigenvalue weighted by molar-refractivity contribution is -0.0119. The summed E-state index contributed by atoms with van der Waals surface area (Å²) in [5, 5.41) is 0. The summed E-state index contributed by atoms with van der Waals surface area (Å²) in [6.45, 7) is 7.40. The molecule has 2 atom stereocenters. The molecule has 0 aliphatic carbocycles. The highest BCUT2D eigenvalue weighted by molar-refractivity contribution is 5.30. The quantitative estimate of drug-likeness (QED) is 0.876. The van der Waals surface area contributed by atoms with Crippen LogP contribution in [0.3, 0.4) is 0 Å². The van der Waals surface area contributed by atoms with E-state index >= 15 is 0 Å². The molecule has 1 aromatic rings. The number of nitrogens with zero attached hydrogens (tertiary/aromatic N) is 1. The number of hydrogen-bond donors (Lipinski definition) is 1. The van der Waals surface area contributed by atoms with Gasteiger partial charge in [0.05, 0.1) is 6.10 Å². The molecule has 1 aliphatic rings. The average molecular weight is 294 g/mol. The Balaban J connectivity index is 2.09. The van der Waals surface area contributed by atoms with Crippen molar-refractivity contribution < 1.29 is 9.13 Å². The van der Waals surface area contributed by atoms with E-state index in [-0.39, 0.29) is 11.9 Å². The molecule has 1 aliphatic heterocycles. The van der Waals surface area contributed by atoms with Gasteiger partial charge in [-0.3, -0.25) is 4.90 Å². The van der Waals surface area contributed by atoms with E-state index in [1.54, 1.807) is 6.07 Å². The van der Waals surface area contributed by atoms with Crippen LogP contribution < -0.4 is 5.73 Å². The maximum Gasteiger partial charge on any atom is 0.123 e. The third kappa shape index (κ3) is 4.25. The number of ether oxygens (including phenoxy) is 1. The monoisotopic (exact) mass is 294 g/mol. The van der Waals surface area contributed by atoms with Gasteiger partial charge in [-0.25, -0.2) is 4.39 Å². The third-order valence-corrected chi connectivity index (χ3v) is 4.22. The number of likely N-dealkylation sites (tertiary alicyclic amines) is 1. The van der Waals surface area contributed by atoms with Crippen molar-refractivity contribution in [2.24, 2.45) is 5.73 Å². The molecule has 0 saturated carbocycles. The Morgan fingerprint density at radius 1 is 1.48 bits per heavy atom. The first-order chi connectivity index (χ1) is 10.2. The standard InChI is InChI=1S/C17H27FN2O/c1-3-9-21-15-5-4-8-20(12-15)17(11-19)16-7-6-14(18)10-13(16)2/h6-7,10,15,17H,3-5,8-9,11-12,19H2,1-2H3. The lowest BCUT2D eigenvalue weighted by Crippen LogP contribution is -2.44. The van der Waals surface area contributed by atoms with Crippen LogP contribution in [0.15, 0.2) is 18.2 Å². The van der Waals surface area contributed by atoms with E-state index in [0.29, 0.717) is 12.6 Å². The highest BCUT2D eigenvalue weighted by Crippen LogP contribution is 2.27. The summed E-state index contributed by atoms with van der Waals surface area (Å²) in [4.78, 5) is 2.39. The number of nitrogens with two attached hydrogens (primary N) is 1. The Hall–Kier alpha value is -0.970. The highest BCUT2D eigenvalue weighted by atomic mass is 19.1. The van der Waals surface area contributed by atoms with E-state index in [0.717, 1.165) is 50.1 Å². The van der Waals surface area contributed by atoms with Gasteiger partial charge in [0.2, 0.25) is 0 Å². The molecule has 21 heavy (non-hydrogen) atoms. The Morgan fingerprint density at radius 3 is 2.95 bits per heavy atom. The highest BCUT2D eigenvalue weighted by Gasteiger charge is 2.27. The Kier molecular flexibility index (Phi) is 6.15. The summed E-state index contributed by atoms with van der Waals surface area (Å²) in [6, 6.07) is 5.14. The van der Waals surface area contributed by atoms with Crippen LogP contribution in [0.5, 0.6) is 0 Å². The first-order valence-electron chi connectivity index (χ1n) is 7.97. The molecule has 0 aromatic heterocycles. The maximum absolute atomic E-state index is 13.3. The fourth-order valence-electron chi connectivity index (χ4n) is 3.16. The van der Waals surface area contributed by atoms with E-state index in [9.17, 15) is 4.39 Å². The van der Waals surface area contributed by atoms with Gasteiger partial charge in [0.15, 0.2) is 0 Å². The molecule has 4 heteroatoms. The lowest BCUT2D eigenvalue weighted by Gasteiger charge is -2.38. The Bertz CT molecular complexity index is 452. The minimum Gasteiger partial charge on any atom is -0.377 e. The largest absolute Gasteiger partial charge is 0.377 e. The van der Waals surface area contributed by atoms with Gasteiger partial charge in [-0.05, 0) is 56.0 Å². The van der Waals surface area contributed by atoms with Crippen molar-refractivity contribution in [1.82, 2.24) is 4.90 Å². The van der Waals surface area contributed by atoms with Crippen LogP contribution >= 0.6 is 0 Å². The zero-order chi connectivity index (χ0) is 15.2. The maximum atomic E-state index is 13.3.